The maximum absolute atomic E-state index is 12.2. The van der Waals surface area contributed by atoms with Gasteiger partial charge in [-0.3, -0.25) is 14.4 Å². The third kappa shape index (κ3) is 8.41. The van der Waals surface area contributed by atoms with E-state index in [-0.39, 0.29) is 18.1 Å². The molecule has 3 atom stereocenters. The molecule has 0 aliphatic heterocycles. The van der Waals surface area contributed by atoms with Crippen molar-refractivity contribution in [2.24, 2.45) is 17.4 Å². The fourth-order valence-corrected chi connectivity index (χ4v) is 1.90. The van der Waals surface area contributed by atoms with Crippen LogP contribution in [0.3, 0.4) is 0 Å². The van der Waals surface area contributed by atoms with Crippen LogP contribution in [-0.4, -0.2) is 52.7 Å². The summed E-state index contributed by atoms with van der Waals surface area (Å²) in [6.45, 7) is 3.60. The number of thiol groups is 1. The van der Waals surface area contributed by atoms with Gasteiger partial charge in [-0.05, 0) is 12.3 Å². The minimum Gasteiger partial charge on any atom is -0.480 e. The second-order valence-corrected chi connectivity index (χ2v) is 5.91. The summed E-state index contributed by atoms with van der Waals surface area (Å²) in [4.78, 5) is 46.1. The van der Waals surface area contributed by atoms with Crippen molar-refractivity contribution in [2.45, 2.75) is 44.8 Å². The Kier molecular flexibility index (Phi) is 9.27. The lowest BCUT2D eigenvalue weighted by Crippen LogP contribution is -2.55. The first kappa shape index (κ1) is 21.2. The number of hydrogen-bond donors (Lipinski definition) is 6. The van der Waals surface area contributed by atoms with Crippen molar-refractivity contribution in [3.8, 4) is 0 Å². The van der Waals surface area contributed by atoms with E-state index in [2.05, 4.69) is 23.3 Å². The van der Waals surface area contributed by atoms with Crippen molar-refractivity contribution < 1.29 is 24.3 Å². The molecule has 0 aliphatic rings. The third-order valence-electron chi connectivity index (χ3n) is 2.89. The summed E-state index contributed by atoms with van der Waals surface area (Å²) in [7, 11) is 0. The molecule has 0 aromatic heterocycles. The van der Waals surface area contributed by atoms with E-state index in [4.69, 9.17) is 16.6 Å². The van der Waals surface area contributed by atoms with Gasteiger partial charge in [0.25, 0.3) is 0 Å². The highest BCUT2D eigenvalue weighted by atomic mass is 32.1. The molecule has 0 radical (unpaired) electrons. The molecule has 9 nitrogen and oxygen atoms in total. The van der Waals surface area contributed by atoms with Gasteiger partial charge < -0.3 is 27.2 Å². The molecule has 0 bridgehead atoms. The van der Waals surface area contributed by atoms with Gasteiger partial charge in [-0.15, -0.1) is 0 Å². The van der Waals surface area contributed by atoms with Crippen LogP contribution in [0.5, 0.6) is 0 Å². The molecule has 0 aliphatic carbocycles. The third-order valence-corrected chi connectivity index (χ3v) is 3.29. The SMILES string of the molecule is CC(C)C[C@H](NC(=O)[C@H](CC(N)=O)NC(=O)[C@@H](N)CS)C(=O)O. The standard InChI is InChI=1S/C13H24N4O5S/c1-6(2)3-9(13(21)22)17-12(20)8(4-10(15)18)16-11(19)7(14)5-23/h6-9,23H,3-5,14H2,1-2H3,(H2,15,18)(H,16,19)(H,17,20)(H,21,22)/t7-,8-,9-/m0/s1. The zero-order valence-corrected chi connectivity index (χ0v) is 14.0. The predicted molar refractivity (Wildman–Crippen MR) is 86.6 cm³/mol. The molecule has 0 fully saturated rings. The van der Waals surface area contributed by atoms with Crippen molar-refractivity contribution in [1.29, 1.82) is 0 Å². The molecule has 0 saturated heterocycles. The van der Waals surface area contributed by atoms with Crippen molar-refractivity contribution in [1.82, 2.24) is 10.6 Å². The first-order valence-electron chi connectivity index (χ1n) is 7.06. The number of rotatable bonds is 10. The van der Waals surface area contributed by atoms with E-state index in [1.54, 1.807) is 13.8 Å². The summed E-state index contributed by atoms with van der Waals surface area (Å²) in [5, 5.41) is 13.7. The van der Waals surface area contributed by atoms with Gasteiger partial charge in [0.15, 0.2) is 0 Å². The molecule has 132 valence electrons. The number of carboxylic acid groups (broad SMARTS) is 1. The average molecular weight is 348 g/mol. The van der Waals surface area contributed by atoms with Crippen molar-refractivity contribution >= 4 is 36.3 Å². The predicted octanol–water partition coefficient (Wildman–Crippen LogP) is -1.78. The summed E-state index contributed by atoms with van der Waals surface area (Å²) < 4.78 is 0. The Morgan fingerprint density at radius 1 is 1.09 bits per heavy atom. The Balaban J connectivity index is 5.01. The van der Waals surface area contributed by atoms with E-state index in [1.165, 1.54) is 0 Å². The average Bonchev–Trinajstić information content (AvgIpc) is 2.43. The van der Waals surface area contributed by atoms with Crippen LogP contribution in [0.2, 0.25) is 0 Å². The number of carbonyl (C=O) groups excluding carboxylic acids is 3. The van der Waals surface area contributed by atoms with Gasteiger partial charge in [0, 0.05) is 5.75 Å². The molecule has 0 rings (SSSR count). The molecular formula is C13H24N4O5S. The van der Waals surface area contributed by atoms with Crippen LogP contribution >= 0.6 is 12.6 Å². The molecular weight excluding hydrogens is 324 g/mol. The molecule has 0 saturated carbocycles. The van der Waals surface area contributed by atoms with Crippen LogP contribution in [0, 0.1) is 5.92 Å². The summed E-state index contributed by atoms with van der Waals surface area (Å²) >= 11 is 3.86. The molecule has 0 aromatic carbocycles. The monoisotopic (exact) mass is 348 g/mol. The Hall–Kier alpha value is -1.81. The van der Waals surface area contributed by atoms with Gasteiger partial charge in [-0.25, -0.2) is 4.79 Å². The zero-order chi connectivity index (χ0) is 18.2. The van der Waals surface area contributed by atoms with Gasteiger partial charge >= 0.3 is 5.97 Å². The van der Waals surface area contributed by atoms with E-state index in [0.717, 1.165) is 0 Å². The quantitative estimate of drug-likeness (QED) is 0.255. The van der Waals surface area contributed by atoms with Crippen LogP contribution in [-0.2, 0) is 19.2 Å². The largest absolute Gasteiger partial charge is 0.480 e. The number of nitrogens with two attached hydrogens (primary N) is 2. The Morgan fingerprint density at radius 2 is 1.61 bits per heavy atom. The lowest BCUT2D eigenvalue weighted by Gasteiger charge is -2.22. The summed E-state index contributed by atoms with van der Waals surface area (Å²) in [6.07, 6.45) is -0.265. The molecule has 0 heterocycles. The Morgan fingerprint density at radius 3 is 2.00 bits per heavy atom. The Bertz CT molecular complexity index is 458. The molecule has 3 amide bonds. The number of amides is 3. The van der Waals surface area contributed by atoms with Gasteiger partial charge in [-0.2, -0.15) is 12.6 Å². The van der Waals surface area contributed by atoms with Crippen molar-refractivity contribution in [3.05, 3.63) is 0 Å². The number of aliphatic carboxylic acids is 1. The van der Waals surface area contributed by atoms with Gasteiger partial charge in [-0.1, -0.05) is 13.8 Å². The van der Waals surface area contributed by atoms with Crippen molar-refractivity contribution in [3.63, 3.8) is 0 Å². The number of hydrogen-bond acceptors (Lipinski definition) is 6. The maximum atomic E-state index is 12.2. The fourth-order valence-electron chi connectivity index (χ4n) is 1.74. The minimum absolute atomic E-state index is 0.0261. The number of carbonyl (C=O) groups is 4. The van der Waals surface area contributed by atoms with E-state index in [1.807, 2.05) is 0 Å². The van der Waals surface area contributed by atoms with Gasteiger partial charge in [0.05, 0.1) is 12.5 Å². The minimum atomic E-state index is -1.29. The maximum Gasteiger partial charge on any atom is 0.326 e. The summed E-state index contributed by atoms with van der Waals surface area (Å²) in [5.41, 5.74) is 10.5. The smallest absolute Gasteiger partial charge is 0.326 e. The van der Waals surface area contributed by atoms with Crippen molar-refractivity contribution in [2.75, 3.05) is 5.75 Å². The van der Waals surface area contributed by atoms with Crippen LogP contribution in [0.4, 0.5) is 0 Å². The molecule has 0 spiro atoms. The van der Waals surface area contributed by atoms with E-state index >= 15 is 0 Å². The number of primary amides is 1. The summed E-state index contributed by atoms with van der Waals surface area (Å²) in [6, 6.07) is -3.39. The fraction of sp³-hybridized carbons (Fsp3) is 0.692. The molecule has 0 unspecified atom stereocenters. The van der Waals surface area contributed by atoms with Crippen LogP contribution in [0.1, 0.15) is 26.7 Å². The Labute approximate surface area is 139 Å². The molecule has 7 N–H and O–H groups in total. The topological polar surface area (TPSA) is 165 Å². The second kappa shape index (κ2) is 10.1. The molecule has 10 heteroatoms. The lowest BCUT2D eigenvalue weighted by atomic mass is 10.0. The number of nitrogens with one attached hydrogen (secondary N) is 2. The second-order valence-electron chi connectivity index (χ2n) is 5.55. The molecule has 23 heavy (non-hydrogen) atoms. The van der Waals surface area contributed by atoms with Crippen LogP contribution < -0.4 is 22.1 Å². The van der Waals surface area contributed by atoms with Gasteiger partial charge in [0.1, 0.15) is 12.1 Å². The van der Waals surface area contributed by atoms with Crippen LogP contribution in [0.25, 0.3) is 0 Å². The first-order valence-corrected chi connectivity index (χ1v) is 7.70. The van der Waals surface area contributed by atoms with Gasteiger partial charge in [0.2, 0.25) is 17.7 Å². The molecule has 0 aromatic rings. The summed E-state index contributed by atoms with van der Waals surface area (Å²) in [5.74, 6) is -3.45. The number of carboxylic acids is 1. The first-order chi connectivity index (χ1) is 10.6. The lowest BCUT2D eigenvalue weighted by molar-refractivity contribution is -0.142. The van der Waals surface area contributed by atoms with E-state index in [9.17, 15) is 19.2 Å². The highest BCUT2D eigenvalue weighted by Crippen LogP contribution is 2.06. The highest BCUT2D eigenvalue weighted by molar-refractivity contribution is 7.80. The normalized spacial score (nSPS) is 14.7. The zero-order valence-electron chi connectivity index (χ0n) is 13.1. The highest BCUT2D eigenvalue weighted by Gasteiger charge is 2.29. The van der Waals surface area contributed by atoms with Crippen LogP contribution in [0.15, 0.2) is 0 Å². The van der Waals surface area contributed by atoms with E-state index in [0.29, 0.717) is 0 Å². The van der Waals surface area contributed by atoms with E-state index < -0.39 is 48.2 Å².